The van der Waals surface area contributed by atoms with Crippen LogP contribution in [-0.4, -0.2) is 11.7 Å². The Morgan fingerprint density at radius 1 is 0.967 bits per heavy atom. The molecule has 0 heterocycles. The number of nitrogen functional groups attached to an aromatic ring is 1. The molecule has 9 heteroatoms. The second-order valence-corrected chi connectivity index (χ2v) is 6.26. The van der Waals surface area contributed by atoms with Crippen molar-refractivity contribution in [2.75, 3.05) is 5.73 Å². The molecule has 152 valence electrons. The summed E-state index contributed by atoms with van der Waals surface area (Å²) in [5.41, 5.74) is 13.1. The van der Waals surface area contributed by atoms with E-state index in [1.807, 2.05) is 0 Å². The lowest BCUT2D eigenvalue weighted by Crippen LogP contribution is -2.18. The van der Waals surface area contributed by atoms with Crippen LogP contribution in [0.2, 0.25) is 0 Å². The molecule has 0 fully saturated rings. The van der Waals surface area contributed by atoms with Crippen molar-refractivity contribution < 1.29 is 18.3 Å². The first-order chi connectivity index (χ1) is 14.4. The number of rotatable bonds is 6. The molecule has 3 aromatic rings. The molecule has 0 unspecified atom stereocenters. The Morgan fingerprint density at radius 2 is 1.63 bits per heavy atom. The first-order valence-corrected chi connectivity index (χ1v) is 8.65. The van der Waals surface area contributed by atoms with Crippen LogP contribution in [0.1, 0.15) is 21.5 Å². The summed E-state index contributed by atoms with van der Waals surface area (Å²) >= 11 is 0. The van der Waals surface area contributed by atoms with E-state index in [1.165, 1.54) is 36.4 Å². The number of amidine groups is 1. The molecule has 0 aliphatic rings. The van der Waals surface area contributed by atoms with Crippen LogP contribution in [0.3, 0.4) is 0 Å². The van der Waals surface area contributed by atoms with E-state index in [4.69, 9.17) is 16.2 Å². The van der Waals surface area contributed by atoms with Crippen LogP contribution in [0, 0.1) is 16.5 Å². The predicted octanol–water partition coefficient (Wildman–Crippen LogP) is 4.07. The third-order valence-electron chi connectivity index (χ3n) is 4.07. The maximum absolute atomic E-state index is 13.3. The molecule has 3 rings (SSSR count). The van der Waals surface area contributed by atoms with Gasteiger partial charge < -0.3 is 16.2 Å². The molecule has 4 N–H and O–H groups in total. The molecule has 0 aliphatic carbocycles. The molecule has 0 radical (unpaired) electrons. The van der Waals surface area contributed by atoms with E-state index in [1.54, 1.807) is 6.07 Å². The average Bonchev–Trinajstić information content (AvgIpc) is 2.72. The van der Waals surface area contributed by atoms with Gasteiger partial charge in [-0.1, -0.05) is 0 Å². The maximum Gasteiger partial charge on any atom is 0.278 e. The first kappa shape index (κ1) is 20.6. The standard InChI is InChI=1S/C21H16F2N4O3/c22-14-7-12(8-15(23)9-14)11-30-17-5-6-19(24)18(10-17)20(25)26-21(28)13-1-3-16(27-29)4-2-13/h1-10H,11,24H2,(H2,25,26,28). The van der Waals surface area contributed by atoms with Gasteiger partial charge in [-0.2, -0.15) is 4.99 Å². The fraction of sp³-hybridized carbons (Fsp3) is 0.0476. The number of nitrogens with zero attached hydrogens (tertiary/aromatic N) is 2. The van der Waals surface area contributed by atoms with Gasteiger partial charge in [0.2, 0.25) is 0 Å². The van der Waals surface area contributed by atoms with E-state index in [9.17, 15) is 18.5 Å². The van der Waals surface area contributed by atoms with Gasteiger partial charge >= 0.3 is 0 Å². The largest absolute Gasteiger partial charge is 0.489 e. The molecule has 0 atom stereocenters. The van der Waals surface area contributed by atoms with Crippen LogP contribution < -0.4 is 16.2 Å². The summed E-state index contributed by atoms with van der Waals surface area (Å²) in [6.45, 7) is -0.0921. The number of carbonyl (C=O) groups excluding carboxylic acids is 1. The Balaban J connectivity index is 1.78. The third kappa shape index (κ3) is 5.02. The highest BCUT2D eigenvalue weighted by Gasteiger charge is 2.11. The van der Waals surface area contributed by atoms with E-state index in [2.05, 4.69) is 10.2 Å². The van der Waals surface area contributed by atoms with Crippen molar-refractivity contribution >= 4 is 23.1 Å². The van der Waals surface area contributed by atoms with Crippen molar-refractivity contribution in [3.05, 3.63) is 93.9 Å². The van der Waals surface area contributed by atoms with Crippen LogP contribution in [0.15, 0.2) is 70.8 Å². The van der Waals surface area contributed by atoms with E-state index >= 15 is 0 Å². The van der Waals surface area contributed by atoms with E-state index < -0.39 is 17.5 Å². The minimum absolute atomic E-state index is 0.0921. The third-order valence-corrected chi connectivity index (χ3v) is 4.07. The molecular formula is C21H16F2N4O3. The number of hydrogen-bond acceptors (Lipinski definition) is 5. The summed E-state index contributed by atoms with van der Waals surface area (Å²) < 4.78 is 32.1. The Hall–Kier alpha value is -4.14. The number of ether oxygens (including phenoxy) is 1. The van der Waals surface area contributed by atoms with E-state index in [0.29, 0.717) is 11.3 Å². The second-order valence-electron chi connectivity index (χ2n) is 6.26. The summed E-state index contributed by atoms with van der Waals surface area (Å²) in [6.07, 6.45) is 0. The highest BCUT2D eigenvalue weighted by Crippen LogP contribution is 2.22. The second kappa shape index (κ2) is 8.91. The molecule has 7 nitrogen and oxygen atoms in total. The number of carbonyl (C=O) groups is 1. The van der Waals surface area contributed by atoms with Crippen LogP contribution in [0.25, 0.3) is 0 Å². The van der Waals surface area contributed by atoms with Gasteiger partial charge in [0.1, 0.15) is 35.5 Å². The van der Waals surface area contributed by atoms with Crippen LogP contribution in [0.5, 0.6) is 5.75 Å². The molecule has 3 aromatic carbocycles. The number of nitrogens with two attached hydrogens (primary N) is 2. The number of aliphatic imine (C=N–C) groups is 1. The minimum Gasteiger partial charge on any atom is -0.489 e. The molecule has 0 aliphatic heterocycles. The van der Waals surface area contributed by atoms with E-state index in [-0.39, 0.29) is 34.9 Å². The molecular weight excluding hydrogens is 394 g/mol. The van der Waals surface area contributed by atoms with Gasteiger partial charge in [0.25, 0.3) is 5.91 Å². The van der Waals surface area contributed by atoms with Gasteiger partial charge in [0, 0.05) is 22.9 Å². The van der Waals surface area contributed by atoms with E-state index in [0.717, 1.165) is 18.2 Å². The van der Waals surface area contributed by atoms with Crippen LogP contribution >= 0.6 is 0 Å². The number of amides is 1. The zero-order chi connectivity index (χ0) is 21.7. The summed E-state index contributed by atoms with van der Waals surface area (Å²) in [5.74, 6) is -1.88. The van der Waals surface area contributed by atoms with Crippen LogP contribution in [-0.2, 0) is 6.61 Å². The van der Waals surface area contributed by atoms with Crippen molar-refractivity contribution in [3.8, 4) is 5.75 Å². The zero-order valence-corrected chi connectivity index (χ0v) is 15.5. The quantitative estimate of drug-likeness (QED) is 0.275. The molecule has 0 spiro atoms. The van der Waals surface area contributed by atoms with Crippen molar-refractivity contribution in [2.24, 2.45) is 15.9 Å². The molecule has 0 bridgehead atoms. The Labute approximate surface area is 170 Å². The molecule has 1 amide bonds. The highest BCUT2D eigenvalue weighted by molar-refractivity contribution is 6.11. The van der Waals surface area contributed by atoms with Gasteiger partial charge in [-0.3, -0.25) is 4.79 Å². The predicted molar refractivity (Wildman–Crippen MR) is 108 cm³/mol. The number of benzene rings is 3. The van der Waals surface area contributed by atoms with Gasteiger partial charge in [-0.05, 0) is 65.3 Å². The van der Waals surface area contributed by atoms with Gasteiger partial charge in [0.15, 0.2) is 0 Å². The number of nitroso groups, excluding NO2 is 1. The molecule has 0 aromatic heterocycles. The number of halogens is 2. The Bertz CT molecular complexity index is 1110. The van der Waals surface area contributed by atoms with Crippen molar-refractivity contribution in [2.45, 2.75) is 6.61 Å². The molecule has 30 heavy (non-hydrogen) atoms. The van der Waals surface area contributed by atoms with Gasteiger partial charge in [0.05, 0.1) is 0 Å². The Kier molecular flexibility index (Phi) is 6.11. The van der Waals surface area contributed by atoms with Crippen LogP contribution in [0.4, 0.5) is 20.2 Å². The number of anilines is 1. The molecule has 0 saturated heterocycles. The normalized spacial score (nSPS) is 11.2. The summed E-state index contributed by atoms with van der Waals surface area (Å²) in [7, 11) is 0. The fourth-order valence-electron chi connectivity index (χ4n) is 2.61. The number of hydrogen-bond donors (Lipinski definition) is 2. The fourth-order valence-corrected chi connectivity index (χ4v) is 2.61. The summed E-state index contributed by atoms with van der Waals surface area (Å²) in [5, 5.41) is 2.76. The SMILES string of the molecule is NC(=NC(=O)c1ccc(N=O)cc1)c1cc(OCc2cc(F)cc(F)c2)ccc1N. The summed E-state index contributed by atoms with van der Waals surface area (Å²) in [6, 6.07) is 13.2. The minimum atomic E-state index is -0.710. The smallest absolute Gasteiger partial charge is 0.278 e. The van der Waals surface area contributed by atoms with Gasteiger partial charge in [-0.15, -0.1) is 4.91 Å². The first-order valence-electron chi connectivity index (χ1n) is 8.65. The Morgan fingerprint density at radius 3 is 2.27 bits per heavy atom. The average molecular weight is 410 g/mol. The molecule has 0 saturated carbocycles. The van der Waals surface area contributed by atoms with Crippen molar-refractivity contribution in [1.29, 1.82) is 0 Å². The highest BCUT2D eigenvalue weighted by atomic mass is 19.1. The lowest BCUT2D eigenvalue weighted by atomic mass is 10.1. The van der Waals surface area contributed by atoms with Crippen molar-refractivity contribution in [1.82, 2.24) is 0 Å². The van der Waals surface area contributed by atoms with Crippen molar-refractivity contribution in [3.63, 3.8) is 0 Å². The zero-order valence-electron chi connectivity index (χ0n) is 15.5. The maximum atomic E-state index is 13.3. The summed E-state index contributed by atoms with van der Waals surface area (Å²) in [4.78, 5) is 26.6. The topological polar surface area (TPSA) is 120 Å². The lowest BCUT2D eigenvalue weighted by molar-refractivity contribution is 0.100. The lowest BCUT2D eigenvalue weighted by Gasteiger charge is -2.10. The monoisotopic (exact) mass is 410 g/mol. The van der Waals surface area contributed by atoms with Gasteiger partial charge in [-0.25, -0.2) is 8.78 Å².